The number of benzene rings is 2. The lowest BCUT2D eigenvalue weighted by molar-refractivity contribution is -0.0208. The van der Waals surface area contributed by atoms with Crippen molar-refractivity contribution in [3.05, 3.63) is 53.1 Å². The van der Waals surface area contributed by atoms with Crippen molar-refractivity contribution in [2.45, 2.75) is 38.6 Å². The van der Waals surface area contributed by atoms with E-state index in [9.17, 15) is 5.11 Å². The first-order valence-electron chi connectivity index (χ1n) is 12.1. The van der Waals surface area contributed by atoms with Crippen molar-refractivity contribution in [1.82, 2.24) is 9.80 Å². The Bertz CT molecular complexity index is 930. The van der Waals surface area contributed by atoms with Crippen LogP contribution in [-0.4, -0.2) is 68.4 Å². The van der Waals surface area contributed by atoms with Gasteiger partial charge in [-0.1, -0.05) is 25.1 Å². The van der Waals surface area contributed by atoms with Crippen molar-refractivity contribution in [1.29, 1.82) is 0 Å². The maximum Gasteiger partial charge on any atom is 0.161 e. The van der Waals surface area contributed by atoms with Gasteiger partial charge in [0.05, 0.1) is 14.2 Å². The molecule has 3 N–H and O–H groups in total. The van der Waals surface area contributed by atoms with Gasteiger partial charge in [-0.25, -0.2) is 0 Å². The number of nitrogens with two attached hydrogens (primary N) is 1. The van der Waals surface area contributed by atoms with Crippen LogP contribution < -0.4 is 20.1 Å². The molecule has 0 radical (unpaired) electrons. The molecule has 1 fully saturated rings. The van der Waals surface area contributed by atoms with E-state index in [-0.39, 0.29) is 6.04 Å². The second-order valence-corrected chi connectivity index (χ2v) is 8.87. The zero-order chi connectivity index (χ0) is 23.4. The fourth-order valence-corrected chi connectivity index (χ4v) is 5.23. The lowest BCUT2D eigenvalue weighted by atomic mass is 9.99. The molecule has 2 aliphatic rings. The molecule has 1 saturated heterocycles. The molecule has 0 saturated carbocycles. The highest BCUT2D eigenvalue weighted by molar-refractivity contribution is 5.59. The normalized spacial score (nSPS) is 20.0. The zero-order valence-corrected chi connectivity index (χ0v) is 20.2. The highest BCUT2D eigenvalue weighted by atomic mass is 16.5. The Kier molecular flexibility index (Phi) is 7.75. The van der Waals surface area contributed by atoms with Crippen LogP contribution in [0, 0.1) is 0 Å². The smallest absolute Gasteiger partial charge is 0.161 e. The standard InChI is InChI=1S/C26H38N4O3/c1-4-28-13-15-29(16-14-28)23-8-5-7-20-21(23)18-30(26(20)31)22(9-6-12-27)19-10-11-24(32-2)25(17-19)33-3/h5,7-8,10-11,17,22,26,31H,4,6,9,12-16,18,27H2,1-3H3/t22-,26?/m1/s1. The Hall–Kier alpha value is -2.32. The van der Waals surface area contributed by atoms with Crippen LogP contribution in [0.4, 0.5) is 5.69 Å². The highest BCUT2D eigenvalue weighted by Crippen LogP contribution is 2.44. The Morgan fingerprint density at radius 1 is 1.06 bits per heavy atom. The summed E-state index contributed by atoms with van der Waals surface area (Å²) >= 11 is 0. The van der Waals surface area contributed by atoms with E-state index in [0.29, 0.717) is 24.6 Å². The molecular formula is C26H38N4O3. The molecule has 7 nitrogen and oxygen atoms in total. The molecule has 7 heteroatoms. The average Bonchev–Trinajstić information content (AvgIpc) is 3.20. The number of fused-ring (bicyclic) bond motifs is 1. The van der Waals surface area contributed by atoms with Gasteiger partial charge in [-0.2, -0.15) is 0 Å². The predicted octanol–water partition coefficient (Wildman–Crippen LogP) is 3.13. The van der Waals surface area contributed by atoms with E-state index in [2.05, 4.69) is 45.9 Å². The number of aliphatic hydroxyl groups excluding tert-OH is 1. The van der Waals surface area contributed by atoms with Gasteiger partial charge in [-0.3, -0.25) is 4.90 Å². The lowest BCUT2D eigenvalue weighted by Crippen LogP contribution is -2.46. The predicted molar refractivity (Wildman–Crippen MR) is 132 cm³/mol. The van der Waals surface area contributed by atoms with E-state index in [1.165, 1.54) is 11.3 Å². The number of ether oxygens (including phenoxy) is 2. The van der Waals surface area contributed by atoms with Crippen molar-refractivity contribution >= 4 is 5.69 Å². The van der Waals surface area contributed by atoms with E-state index in [1.54, 1.807) is 14.2 Å². The monoisotopic (exact) mass is 454 g/mol. The van der Waals surface area contributed by atoms with Gasteiger partial charge < -0.3 is 30.1 Å². The van der Waals surface area contributed by atoms with Gasteiger partial charge in [0.15, 0.2) is 11.5 Å². The third kappa shape index (κ3) is 4.82. The summed E-state index contributed by atoms with van der Waals surface area (Å²) in [5, 5.41) is 11.4. The van der Waals surface area contributed by atoms with E-state index >= 15 is 0 Å². The topological polar surface area (TPSA) is 74.4 Å². The van der Waals surface area contributed by atoms with Crippen LogP contribution in [0.3, 0.4) is 0 Å². The molecule has 2 aromatic rings. The van der Waals surface area contributed by atoms with Crippen LogP contribution in [-0.2, 0) is 6.54 Å². The molecular weight excluding hydrogens is 416 g/mol. The van der Waals surface area contributed by atoms with Crippen LogP contribution >= 0.6 is 0 Å². The van der Waals surface area contributed by atoms with Gasteiger partial charge >= 0.3 is 0 Å². The molecule has 2 heterocycles. The molecule has 33 heavy (non-hydrogen) atoms. The molecule has 0 bridgehead atoms. The molecule has 0 aromatic heterocycles. The number of nitrogens with zero attached hydrogens (tertiary/aromatic N) is 3. The summed E-state index contributed by atoms with van der Waals surface area (Å²) in [6.45, 7) is 8.85. The maximum atomic E-state index is 11.4. The number of rotatable bonds is 9. The van der Waals surface area contributed by atoms with Gasteiger partial charge in [0, 0.05) is 50.0 Å². The Balaban J connectivity index is 1.63. The average molecular weight is 455 g/mol. The van der Waals surface area contributed by atoms with Crippen molar-refractivity contribution in [3.63, 3.8) is 0 Å². The largest absolute Gasteiger partial charge is 0.493 e. The van der Waals surface area contributed by atoms with Crippen molar-refractivity contribution < 1.29 is 14.6 Å². The minimum absolute atomic E-state index is 0.0283. The first-order chi connectivity index (χ1) is 16.1. The first kappa shape index (κ1) is 23.8. The number of hydrogen-bond acceptors (Lipinski definition) is 7. The molecule has 0 amide bonds. The second-order valence-electron chi connectivity index (χ2n) is 8.87. The van der Waals surface area contributed by atoms with Crippen LogP contribution in [0.25, 0.3) is 0 Å². The highest BCUT2D eigenvalue weighted by Gasteiger charge is 2.36. The van der Waals surface area contributed by atoms with E-state index in [4.69, 9.17) is 15.2 Å². The van der Waals surface area contributed by atoms with Crippen LogP contribution in [0.5, 0.6) is 11.5 Å². The number of methoxy groups -OCH3 is 2. The third-order valence-electron chi connectivity index (χ3n) is 7.16. The number of aliphatic hydroxyl groups is 1. The molecule has 1 unspecified atom stereocenters. The van der Waals surface area contributed by atoms with Gasteiger partial charge in [-0.05, 0) is 55.3 Å². The molecule has 180 valence electrons. The molecule has 4 rings (SSSR count). The third-order valence-corrected chi connectivity index (χ3v) is 7.16. The summed E-state index contributed by atoms with van der Waals surface area (Å²) in [5.41, 5.74) is 10.5. The summed E-state index contributed by atoms with van der Waals surface area (Å²) < 4.78 is 11.0. The molecule has 0 spiro atoms. The van der Waals surface area contributed by atoms with E-state index in [0.717, 1.165) is 56.7 Å². The van der Waals surface area contributed by atoms with E-state index < -0.39 is 6.23 Å². The first-order valence-corrected chi connectivity index (χ1v) is 12.1. The van der Waals surface area contributed by atoms with E-state index in [1.807, 2.05) is 12.1 Å². The summed E-state index contributed by atoms with van der Waals surface area (Å²) in [6.07, 6.45) is 1.10. The van der Waals surface area contributed by atoms with Crippen LogP contribution in [0.15, 0.2) is 36.4 Å². The van der Waals surface area contributed by atoms with Crippen LogP contribution in [0.2, 0.25) is 0 Å². The SMILES string of the molecule is CCN1CCN(c2cccc3c2CN([C@H](CCCN)c2ccc(OC)c(OC)c2)C3O)CC1. The quantitative estimate of drug-likeness (QED) is 0.603. The maximum absolute atomic E-state index is 11.4. The fourth-order valence-electron chi connectivity index (χ4n) is 5.23. The minimum Gasteiger partial charge on any atom is -0.493 e. The van der Waals surface area contributed by atoms with Crippen molar-refractivity contribution in [2.24, 2.45) is 5.73 Å². The summed E-state index contributed by atoms with van der Waals surface area (Å²) in [6, 6.07) is 12.4. The number of anilines is 1. The molecule has 2 atom stereocenters. The Morgan fingerprint density at radius 3 is 2.48 bits per heavy atom. The molecule has 0 aliphatic carbocycles. The van der Waals surface area contributed by atoms with Crippen molar-refractivity contribution in [3.8, 4) is 11.5 Å². The summed E-state index contributed by atoms with van der Waals surface area (Å²) in [4.78, 5) is 7.17. The zero-order valence-electron chi connectivity index (χ0n) is 20.2. The summed E-state index contributed by atoms with van der Waals surface area (Å²) in [5.74, 6) is 1.41. The number of piperazine rings is 1. The fraction of sp³-hybridized carbons (Fsp3) is 0.538. The minimum atomic E-state index is -0.646. The van der Waals surface area contributed by atoms with Gasteiger partial charge in [0.1, 0.15) is 6.23 Å². The van der Waals surface area contributed by atoms with Gasteiger partial charge in [-0.15, -0.1) is 0 Å². The Labute approximate surface area is 197 Å². The molecule has 2 aliphatic heterocycles. The number of likely N-dealkylation sites (N-methyl/N-ethyl adjacent to an activating group) is 1. The second kappa shape index (κ2) is 10.7. The van der Waals surface area contributed by atoms with Gasteiger partial charge in [0.2, 0.25) is 0 Å². The number of hydrogen-bond donors (Lipinski definition) is 2. The summed E-state index contributed by atoms with van der Waals surface area (Å²) in [7, 11) is 3.30. The lowest BCUT2D eigenvalue weighted by Gasteiger charge is -2.36. The van der Waals surface area contributed by atoms with Gasteiger partial charge in [0.25, 0.3) is 0 Å². The van der Waals surface area contributed by atoms with Crippen LogP contribution in [0.1, 0.15) is 48.7 Å². The Morgan fingerprint density at radius 2 is 1.82 bits per heavy atom. The molecule has 2 aromatic carbocycles. The van der Waals surface area contributed by atoms with Crippen molar-refractivity contribution in [2.75, 3.05) is 58.4 Å².